The van der Waals surface area contributed by atoms with Crippen LogP contribution in [0.5, 0.6) is 0 Å². The second-order valence-corrected chi connectivity index (χ2v) is 13.8. The molecule has 212 valence electrons. The number of rotatable bonds is 5. The monoisotopic (exact) mass is 539 g/mol. The molecule has 39 heavy (non-hydrogen) atoms. The van der Waals surface area contributed by atoms with Crippen LogP contribution in [0.15, 0.2) is 36.5 Å². The highest BCUT2D eigenvalue weighted by atomic mass is 19.1. The Balaban J connectivity index is 1.41. The highest BCUT2D eigenvalue weighted by Crippen LogP contribution is 2.32. The number of aromatic nitrogens is 1. The van der Waals surface area contributed by atoms with Crippen LogP contribution in [-0.2, 0) is 9.47 Å². The molecule has 2 fully saturated rings. The maximum absolute atomic E-state index is 15.0. The number of hydrogen-bond donors (Lipinski definition) is 2. The predicted octanol–water partition coefficient (Wildman–Crippen LogP) is 5.82. The lowest BCUT2D eigenvalue weighted by atomic mass is 9.81. The maximum Gasteiger partial charge on any atom is 0.360 e. The molecule has 0 unspecified atom stereocenters. The molecule has 2 aliphatic rings. The molecule has 4 rings (SSSR count). The van der Waals surface area contributed by atoms with Crippen molar-refractivity contribution in [2.24, 2.45) is 0 Å². The van der Waals surface area contributed by atoms with E-state index < -0.39 is 11.8 Å². The quantitative estimate of drug-likeness (QED) is 0.463. The largest absolute Gasteiger partial charge is 0.459 e. The topological polar surface area (TPSA) is 89.5 Å². The van der Waals surface area contributed by atoms with E-state index in [9.17, 15) is 14.0 Å². The SMILES string of the molecule is CC1(C)CC(OC(=O)c2ccc(-c3cnc(C(=O)OC4CC(C)(C)NC(C)(C)C4)c(F)c3)cc2)CC(C)(C)N1. The first-order valence-electron chi connectivity index (χ1n) is 13.7. The van der Waals surface area contributed by atoms with Crippen LogP contribution in [0.25, 0.3) is 11.1 Å². The zero-order valence-electron chi connectivity index (χ0n) is 24.4. The molecule has 3 heterocycles. The van der Waals surface area contributed by atoms with Gasteiger partial charge in [0.25, 0.3) is 0 Å². The van der Waals surface area contributed by atoms with E-state index in [1.54, 1.807) is 24.3 Å². The van der Waals surface area contributed by atoms with E-state index in [4.69, 9.17) is 9.47 Å². The molecule has 0 spiro atoms. The summed E-state index contributed by atoms with van der Waals surface area (Å²) in [6, 6.07) is 8.04. The zero-order valence-corrected chi connectivity index (χ0v) is 24.4. The van der Waals surface area contributed by atoms with E-state index in [2.05, 4.69) is 71.0 Å². The molecule has 1 aromatic heterocycles. The average molecular weight is 540 g/mol. The van der Waals surface area contributed by atoms with E-state index in [-0.39, 0.29) is 46.0 Å². The van der Waals surface area contributed by atoms with Crippen LogP contribution in [0.3, 0.4) is 0 Å². The van der Waals surface area contributed by atoms with Gasteiger partial charge in [-0.05, 0) is 79.2 Å². The summed E-state index contributed by atoms with van der Waals surface area (Å²) in [6.07, 6.45) is 3.64. The summed E-state index contributed by atoms with van der Waals surface area (Å²) in [7, 11) is 0. The number of nitrogens with one attached hydrogen (secondary N) is 2. The molecule has 0 radical (unpaired) electrons. The number of pyridine rings is 1. The Morgan fingerprint density at radius 3 is 1.62 bits per heavy atom. The van der Waals surface area contributed by atoms with Crippen LogP contribution >= 0.6 is 0 Å². The standard InChI is InChI=1S/C31H42FN3O4/c1-28(2)14-22(15-29(3,4)34-28)38-26(36)20-11-9-19(10-12-20)21-13-24(32)25(33-18-21)27(37)39-23-16-30(5,6)35-31(7,8)17-23/h9-13,18,22-23,34-35H,14-17H2,1-8H3. The number of carbonyl (C=O) groups excluding carboxylic acids is 2. The molecule has 2 aromatic rings. The predicted molar refractivity (Wildman–Crippen MR) is 149 cm³/mol. The summed E-state index contributed by atoms with van der Waals surface area (Å²) in [5.41, 5.74) is 0.582. The third-order valence-electron chi connectivity index (χ3n) is 7.34. The van der Waals surface area contributed by atoms with Crippen molar-refractivity contribution in [3.05, 3.63) is 53.6 Å². The number of ether oxygens (including phenoxy) is 2. The maximum atomic E-state index is 15.0. The number of nitrogens with zero attached hydrogens (tertiary/aromatic N) is 1. The first kappa shape index (κ1) is 29.2. The molecule has 1 aromatic carbocycles. The van der Waals surface area contributed by atoms with Crippen LogP contribution in [0.1, 0.15) is 102 Å². The van der Waals surface area contributed by atoms with Gasteiger partial charge in [0.1, 0.15) is 12.2 Å². The Labute approximate surface area is 231 Å². The highest BCUT2D eigenvalue weighted by molar-refractivity contribution is 5.90. The van der Waals surface area contributed by atoms with Crippen LogP contribution in [0, 0.1) is 5.82 Å². The fourth-order valence-electron chi connectivity index (χ4n) is 6.60. The van der Waals surface area contributed by atoms with Crippen molar-refractivity contribution in [1.82, 2.24) is 15.6 Å². The van der Waals surface area contributed by atoms with Crippen molar-refractivity contribution in [1.29, 1.82) is 0 Å². The van der Waals surface area contributed by atoms with E-state index in [0.717, 1.165) is 12.8 Å². The molecule has 8 heteroatoms. The summed E-state index contributed by atoms with van der Waals surface area (Å²) >= 11 is 0. The molecule has 2 N–H and O–H groups in total. The minimum atomic E-state index is -0.764. The summed E-state index contributed by atoms with van der Waals surface area (Å²) in [6.45, 7) is 16.7. The molecular weight excluding hydrogens is 497 g/mol. The van der Waals surface area contributed by atoms with Crippen LogP contribution in [0.4, 0.5) is 4.39 Å². The van der Waals surface area contributed by atoms with Gasteiger partial charge in [-0.3, -0.25) is 0 Å². The highest BCUT2D eigenvalue weighted by Gasteiger charge is 2.40. The Morgan fingerprint density at radius 2 is 1.18 bits per heavy atom. The van der Waals surface area contributed by atoms with E-state index in [0.29, 0.717) is 29.5 Å². The average Bonchev–Trinajstić information content (AvgIpc) is 2.74. The van der Waals surface area contributed by atoms with E-state index in [1.165, 1.54) is 12.3 Å². The minimum absolute atomic E-state index is 0.132. The number of benzene rings is 1. The van der Waals surface area contributed by atoms with Gasteiger partial charge in [-0.25, -0.2) is 19.0 Å². The summed E-state index contributed by atoms with van der Waals surface area (Å²) in [5, 5.41) is 7.12. The first-order valence-corrected chi connectivity index (χ1v) is 13.7. The summed E-state index contributed by atoms with van der Waals surface area (Å²) in [4.78, 5) is 29.7. The Morgan fingerprint density at radius 1 is 0.744 bits per heavy atom. The molecule has 7 nitrogen and oxygen atoms in total. The lowest BCUT2D eigenvalue weighted by Gasteiger charge is -2.45. The smallest absolute Gasteiger partial charge is 0.360 e. The van der Waals surface area contributed by atoms with Crippen molar-refractivity contribution in [2.45, 2.75) is 115 Å². The van der Waals surface area contributed by atoms with Gasteiger partial charge in [0.2, 0.25) is 0 Å². The second-order valence-electron chi connectivity index (χ2n) is 13.8. The molecule has 2 saturated heterocycles. The first-order chi connectivity index (χ1) is 17.9. The third kappa shape index (κ3) is 7.42. The number of esters is 2. The number of piperidine rings is 2. The van der Waals surface area contributed by atoms with Gasteiger partial charge in [-0.1, -0.05) is 12.1 Å². The van der Waals surface area contributed by atoms with E-state index in [1.807, 2.05) is 0 Å². The van der Waals surface area contributed by atoms with Crippen molar-refractivity contribution >= 4 is 11.9 Å². The van der Waals surface area contributed by atoms with Crippen molar-refractivity contribution in [2.75, 3.05) is 0 Å². The minimum Gasteiger partial charge on any atom is -0.459 e. The Hall–Kier alpha value is -2.84. The molecule has 0 atom stereocenters. The Bertz CT molecular complexity index is 1200. The molecule has 0 aliphatic carbocycles. The van der Waals surface area contributed by atoms with E-state index >= 15 is 0 Å². The van der Waals surface area contributed by atoms with Gasteiger partial charge in [0.15, 0.2) is 11.5 Å². The second kappa shape index (κ2) is 10.3. The van der Waals surface area contributed by atoms with Gasteiger partial charge in [0.05, 0.1) is 5.56 Å². The molecule has 0 saturated carbocycles. The van der Waals surface area contributed by atoms with Gasteiger partial charge >= 0.3 is 11.9 Å². The van der Waals surface area contributed by atoms with Crippen LogP contribution in [-0.4, -0.2) is 51.3 Å². The zero-order chi connectivity index (χ0) is 28.8. The lowest BCUT2D eigenvalue weighted by molar-refractivity contribution is -0.00820. The Kier molecular flexibility index (Phi) is 7.69. The molecule has 0 bridgehead atoms. The van der Waals surface area contributed by atoms with Gasteiger partial charge in [0, 0.05) is 59.6 Å². The third-order valence-corrected chi connectivity index (χ3v) is 7.34. The van der Waals surface area contributed by atoms with Crippen molar-refractivity contribution in [3.63, 3.8) is 0 Å². The van der Waals surface area contributed by atoms with Crippen molar-refractivity contribution in [3.8, 4) is 11.1 Å². The number of carbonyl (C=O) groups is 2. The van der Waals surface area contributed by atoms with Gasteiger partial charge in [-0.15, -0.1) is 0 Å². The summed E-state index contributed by atoms with van der Waals surface area (Å²) in [5.74, 6) is -1.89. The van der Waals surface area contributed by atoms with Gasteiger partial charge in [-0.2, -0.15) is 0 Å². The normalized spacial score (nSPS) is 22.2. The fraction of sp³-hybridized carbons (Fsp3) is 0.581. The lowest BCUT2D eigenvalue weighted by Crippen LogP contribution is -2.59. The molecular formula is C31H42FN3O4. The van der Waals surface area contributed by atoms with Crippen LogP contribution < -0.4 is 10.6 Å². The van der Waals surface area contributed by atoms with Crippen LogP contribution in [0.2, 0.25) is 0 Å². The fourth-order valence-corrected chi connectivity index (χ4v) is 6.60. The van der Waals surface area contributed by atoms with Gasteiger partial charge < -0.3 is 20.1 Å². The molecule has 2 aliphatic heterocycles. The summed E-state index contributed by atoms with van der Waals surface area (Å²) < 4.78 is 26.5. The van der Waals surface area contributed by atoms with Crippen molar-refractivity contribution < 1.29 is 23.5 Å². The number of halogens is 1. The molecule has 0 amide bonds. The number of hydrogen-bond acceptors (Lipinski definition) is 7.